The van der Waals surface area contributed by atoms with E-state index in [-0.39, 0.29) is 11.8 Å². The summed E-state index contributed by atoms with van der Waals surface area (Å²) in [6, 6.07) is 0.424. The number of piperidine rings is 1. The van der Waals surface area contributed by atoms with E-state index >= 15 is 0 Å². The summed E-state index contributed by atoms with van der Waals surface area (Å²) in [6.07, 6.45) is 8.32. The van der Waals surface area contributed by atoms with Crippen LogP contribution in [0.2, 0.25) is 0 Å². The van der Waals surface area contributed by atoms with E-state index in [0.29, 0.717) is 11.5 Å². The number of hydrogen-bond donors (Lipinski definition) is 2. The Balaban J connectivity index is 1.75. The molecule has 0 spiro atoms. The number of nitrogens with one attached hydrogen (secondary N) is 2. The molecule has 1 unspecified atom stereocenters. The highest BCUT2D eigenvalue weighted by Crippen LogP contribution is 2.40. The zero-order valence-corrected chi connectivity index (χ0v) is 13.5. The number of carbonyl (C=O) groups excluding carboxylic acids is 1. The van der Waals surface area contributed by atoms with Crippen LogP contribution in [0, 0.1) is 17.3 Å². The zero-order chi connectivity index (χ0) is 14.6. The van der Waals surface area contributed by atoms with Gasteiger partial charge in [0.25, 0.3) is 0 Å². The molecule has 1 heterocycles. The van der Waals surface area contributed by atoms with Crippen molar-refractivity contribution in [3.05, 3.63) is 0 Å². The Morgan fingerprint density at radius 1 is 1.20 bits per heavy atom. The summed E-state index contributed by atoms with van der Waals surface area (Å²) in [6.45, 7) is 9.02. The molecule has 0 aromatic rings. The molecule has 2 rings (SSSR count). The molecule has 0 aromatic carbocycles. The first-order valence-corrected chi connectivity index (χ1v) is 8.54. The first kappa shape index (κ1) is 15.8. The molecule has 2 fully saturated rings. The number of carbonyl (C=O) groups is 1. The number of hydrogen-bond acceptors (Lipinski definition) is 2. The summed E-state index contributed by atoms with van der Waals surface area (Å²) in [7, 11) is 0. The van der Waals surface area contributed by atoms with Gasteiger partial charge in [-0.2, -0.15) is 0 Å². The van der Waals surface area contributed by atoms with Gasteiger partial charge < -0.3 is 10.6 Å². The molecule has 0 radical (unpaired) electrons. The van der Waals surface area contributed by atoms with Crippen LogP contribution in [0.15, 0.2) is 0 Å². The molecule has 116 valence electrons. The molecule has 1 saturated carbocycles. The first-order chi connectivity index (χ1) is 9.53. The first-order valence-electron chi connectivity index (χ1n) is 8.54. The topological polar surface area (TPSA) is 41.1 Å². The molecule has 0 aromatic heterocycles. The lowest BCUT2D eigenvalue weighted by Crippen LogP contribution is -2.46. The quantitative estimate of drug-likeness (QED) is 0.831. The molecule has 1 saturated heterocycles. The highest BCUT2D eigenvalue weighted by molar-refractivity contribution is 5.79. The zero-order valence-electron chi connectivity index (χ0n) is 13.5. The lowest BCUT2D eigenvalue weighted by atomic mass is 9.69. The van der Waals surface area contributed by atoms with Crippen molar-refractivity contribution in [2.24, 2.45) is 17.3 Å². The van der Waals surface area contributed by atoms with Gasteiger partial charge in [0, 0.05) is 12.6 Å². The van der Waals surface area contributed by atoms with Crippen LogP contribution in [0.3, 0.4) is 0 Å². The van der Waals surface area contributed by atoms with Crippen LogP contribution in [0.4, 0.5) is 0 Å². The summed E-state index contributed by atoms with van der Waals surface area (Å²) >= 11 is 0. The Morgan fingerprint density at radius 2 is 1.90 bits per heavy atom. The van der Waals surface area contributed by atoms with E-state index in [2.05, 4.69) is 31.4 Å². The second-order valence-corrected chi connectivity index (χ2v) is 7.44. The van der Waals surface area contributed by atoms with Gasteiger partial charge in [-0.25, -0.2) is 0 Å². The lowest BCUT2D eigenvalue weighted by Gasteiger charge is -2.39. The predicted octanol–water partition coefficient (Wildman–Crippen LogP) is 3.10. The van der Waals surface area contributed by atoms with Gasteiger partial charge in [0.15, 0.2) is 0 Å². The lowest BCUT2D eigenvalue weighted by molar-refractivity contribution is -0.126. The van der Waals surface area contributed by atoms with E-state index in [9.17, 15) is 4.79 Å². The summed E-state index contributed by atoms with van der Waals surface area (Å²) in [5.41, 5.74) is 0.461. The van der Waals surface area contributed by atoms with E-state index in [1.165, 1.54) is 32.1 Å². The minimum absolute atomic E-state index is 0.202. The van der Waals surface area contributed by atoms with E-state index in [0.717, 1.165) is 31.8 Å². The van der Waals surface area contributed by atoms with Crippen LogP contribution < -0.4 is 10.6 Å². The second kappa shape index (κ2) is 6.93. The van der Waals surface area contributed by atoms with Crippen LogP contribution in [0.1, 0.15) is 65.7 Å². The van der Waals surface area contributed by atoms with Crippen molar-refractivity contribution < 1.29 is 4.79 Å². The molecule has 1 aliphatic carbocycles. The van der Waals surface area contributed by atoms with Gasteiger partial charge in [0.1, 0.15) is 0 Å². The van der Waals surface area contributed by atoms with E-state index < -0.39 is 0 Å². The van der Waals surface area contributed by atoms with Crippen LogP contribution in [-0.2, 0) is 4.79 Å². The average Bonchev–Trinajstić information content (AvgIpc) is 2.48. The van der Waals surface area contributed by atoms with Crippen molar-refractivity contribution in [1.29, 1.82) is 0 Å². The van der Waals surface area contributed by atoms with Crippen molar-refractivity contribution in [3.8, 4) is 0 Å². The van der Waals surface area contributed by atoms with Crippen LogP contribution in [0.25, 0.3) is 0 Å². The van der Waals surface area contributed by atoms with Gasteiger partial charge in [-0.05, 0) is 56.4 Å². The van der Waals surface area contributed by atoms with Crippen LogP contribution in [-0.4, -0.2) is 25.0 Å². The standard InChI is InChI=1S/C17H32N2O/c1-4-17(2,3)14-7-9-15(10-8-14)19-16(20)13-6-5-11-18-12-13/h13-15,18H,4-12H2,1-3H3,(H,19,20). The normalized spacial score (nSPS) is 31.9. The maximum Gasteiger partial charge on any atom is 0.224 e. The molecule has 1 atom stereocenters. The van der Waals surface area contributed by atoms with E-state index in [4.69, 9.17) is 0 Å². The molecule has 2 N–H and O–H groups in total. The fraction of sp³-hybridized carbons (Fsp3) is 0.941. The molecule has 3 heteroatoms. The maximum absolute atomic E-state index is 12.2. The third-order valence-corrected chi connectivity index (χ3v) is 5.76. The Labute approximate surface area is 124 Å². The van der Waals surface area contributed by atoms with Gasteiger partial charge in [0.2, 0.25) is 5.91 Å². The van der Waals surface area contributed by atoms with Crippen LogP contribution in [0.5, 0.6) is 0 Å². The minimum Gasteiger partial charge on any atom is -0.353 e. The van der Waals surface area contributed by atoms with Crippen molar-refractivity contribution in [2.45, 2.75) is 71.8 Å². The smallest absolute Gasteiger partial charge is 0.224 e. The van der Waals surface area contributed by atoms with Gasteiger partial charge in [0.05, 0.1) is 5.92 Å². The Hall–Kier alpha value is -0.570. The summed E-state index contributed by atoms with van der Waals surface area (Å²) in [5, 5.41) is 6.63. The van der Waals surface area contributed by atoms with Gasteiger partial charge in [-0.1, -0.05) is 27.2 Å². The highest BCUT2D eigenvalue weighted by Gasteiger charge is 2.33. The van der Waals surface area contributed by atoms with Crippen molar-refractivity contribution in [3.63, 3.8) is 0 Å². The highest BCUT2D eigenvalue weighted by atomic mass is 16.2. The monoisotopic (exact) mass is 280 g/mol. The van der Waals surface area contributed by atoms with Crippen molar-refractivity contribution >= 4 is 5.91 Å². The second-order valence-electron chi connectivity index (χ2n) is 7.44. The Bertz CT molecular complexity index is 313. The molecule has 0 bridgehead atoms. The largest absolute Gasteiger partial charge is 0.353 e. The fourth-order valence-electron chi connectivity index (χ4n) is 3.70. The predicted molar refractivity (Wildman–Crippen MR) is 83.6 cm³/mol. The molecular formula is C17H32N2O. The molecule has 1 amide bonds. The molecule has 3 nitrogen and oxygen atoms in total. The minimum atomic E-state index is 0.202. The molecular weight excluding hydrogens is 248 g/mol. The summed E-state index contributed by atoms with van der Waals surface area (Å²) in [4.78, 5) is 12.2. The van der Waals surface area contributed by atoms with Crippen molar-refractivity contribution in [1.82, 2.24) is 10.6 Å². The van der Waals surface area contributed by atoms with Gasteiger partial charge in [-0.3, -0.25) is 4.79 Å². The van der Waals surface area contributed by atoms with Crippen LogP contribution >= 0.6 is 0 Å². The summed E-state index contributed by atoms with van der Waals surface area (Å²) < 4.78 is 0. The fourth-order valence-corrected chi connectivity index (χ4v) is 3.70. The summed E-state index contributed by atoms with van der Waals surface area (Å²) in [5.74, 6) is 1.32. The third-order valence-electron chi connectivity index (χ3n) is 5.76. The molecule has 1 aliphatic heterocycles. The SMILES string of the molecule is CCC(C)(C)C1CCC(NC(=O)C2CCCNC2)CC1. The van der Waals surface area contributed by atoms with E-state index in [1.54, 1.807) is 0 Å². The van der Waals surface area contributed by atoms with Gasteiger partial charge in [-0.15, -0.1) is 0 Å². The number of rotatable bonds is 4. The molecule has 2 aliphatic rings. The van der Waals surface area contributed by atoms with Gasteiger partial charge >= 0.3 is 0 Å². The van der Waals surface area contributed by atoms with E-state index in [1.807, 2.05) is 0 Å². The Kier molecular flexibility index (Phi) is 5.48. The Morgan fingerprint density at radius 3 is 2.45 bits per heavy atom. The maximum atomic E-state index is 12.2. The molecule has 20 heavy (non-hydrogen) atoms. The third kappa shape index (κ3) is 3.97. The average molecular weight is 280 g/mol. The van der Waals surface area contributed by atoms with Crippen molar-refractivity contribution in [2.75, 3.05) is 13.1 Å². The number of amides is 1.